The molecule has 1 atom stereocenters. The lowest BCUT2D eigenvalue weighted by molar-refractivity contribution is -0.122. The Balaban J connectivity index is 1.81. The van der Waals surface area contributed by atoms with Gasteiger partial charge in [-0.2, -0.15) is 0 Å². The van der Waals surface area contributed by atoms with Gasteiger partial charge >= 0.3 is 0 Å². The van der Waals surface area contributed by atoms with Gasteiger partial charge < -0.3 is 25.6 Å². The minimum Gasteiger partial charge on any atom is -0.369 e. The third-order valence-electron chi connectivity index (χ3n) is 4.67. The number of carbonyl (C=O) groups excluding carboxylic acids is 3. The molecule has 0 spiro atoms. The molecule has 2 amide bonds. The van der Waals surface area contributed by atoms with Crippen molar-refractivity contribution in [2.45, 2.75) is 25.4 Å². The van der Waals surface area contributed by atoms with Crippen molar-refractivity contribution in [1.82, 2.24) is 10.2 Å². The predicted octanol–water partition coefficient (Wildman–Crippen LogP) is -0.115. The van der Waals surface area contributed by atoms with Crippen molar-refractivity contribution in [2.75, 3.05) is 31.1 Å². The first-order valence-corrected chi connectivity index (χ1v) is 8.24. The van der Waals surface area contributed by atoms with Crippen LogP contribution in [-0.2, 0) is 16.1 Å². The van der Waals surface area contributed by atoms with Crippen LogP contribution < -0.4 is 16.0 Å². The molecule has 1 aromatic carbocycles. The van der Waals surface area contributed by atoms with Crippen molar-refractivity contribution in [3.8, 4) is 0 Å². The minimum absolute atomic E-state index is 0.188. The van der Waals surface area contributed by atoms with Gasteiger partial charge in [0.15, 0.2) is 0 Å². The van der Waals surface area contributed by atoms with Gasteiger partial charge in [0.2, 0.25) is 5.91 Å². The van der Waals surface area contributed by atoms with E-state index in [0.29, 0.717) is 12.1 Å². The highest BCUT2D eigenvalue weighted by molar-refractivity contribution is 6.01. The highest BCUT2D eigenvalue weighted by atomic mass is 16.2. The molecule has 0 aromatic heterocycles. The molecule has 0 aliphatic carbocycles. The normalized spacial score (nSPS) is 18.4. The molecule has 1 saturated heterocycles. The summed E-state index contributed by atoms with van der Waals surface area (Å²) in [6.45, 7) is 4.11. The minimum atomic E-state index is -0.738. The van der Waals surface area contributed by atoms with Gasteiger partial charge in [0.05, 0.1) is 0 Å². The summed E-state index contributed by atoms with van der Waals surface area (Å²) in [7, 11) is 0. The van der Waals surface area contributed by atoms with Gasteiger partial charge in [-0.05, 0) is 30.2 Å². The Morgan fingerprint density at radius 2 is 2.08 bits per heavy atom. The van der Waals surface area contributed by atoms with Gasteiger partial charge in [-0.3, -0.25) is 9.59 Å². The van der Waals surface area contributed by atoms with Gasteiger partial charge in [-0.1, -0.05) is 0 Å². The Hall–Kier alpha value is -2.41. The SMILES string of the molecule is NC(=O)C(CCC=O)N1Cc2cc(N3CCNCC3)ccc2C1=O. The number of piperazine rings is 1. The van der Waals surface area contributed by atoms with Crippen molar-refractivity contribution < 1.29 is 14.4 Å². The number of anilines is 1. The van der Waals surface area contributed by atoms with E-state index in [0.717, 1.165) is 43.7 Å². The number of nitrogens with one attached hydrogen (secondary N) is 1. The van der Waals surface area contributed by atoms with E-state index in [1.807, 2.05) is 18.2 Å². The third-order valence-corrected chi connectivity index (χ3v) is 4.67. The van der Waals surface area contributed by atoms with Crippen LogP contribution in [0.5, 0.6) is 0 Å². The van der Waals surface area contributed by atoms with Crippen LogP contribution in [0.2, 0.25) is 0 Å². The van der Waals surface area contributed by atoms with E-state index in [4.69, 9.17) is 5.73 Å². The monoisotopic (exact) mass is 330 g/mol. The average Bonchev–Trinajstić information content (AvgIpc) is 2.92. The molecule has 2 aliphatic rings. The van der Waals surface area contributed by atoms with Crippen LogP contribution in [0.15, 0.2) is 18.2 Å². The lowest BCUT2D eigenvalue weighted by atomic mass is 10.1. The molecule has 0 bridgehead atoms. The fraction of sp³-hybridized carbons (Fsp3) is 0.471. The van der Waals surface area contributed by atoms with E-state index >= 15 is 0 Å². The topological polar surface area (TPSA) is 95.7 Å². The van der Waals surface area contributed by atoms with E-state index in [2.05, 4.69) is 10.2 Å². The molecule has 2 heterocycles. The lowest BCUT2D eigenvalue weighted by Gasteiger charge is -2.29. The summed E-state index contributed by atoms with van der Waals surface area (Å²) in [6.07, 6.45) is 1.22. The number of nitrogens with two attached hydrogens (primary N) is 1. The standard InChI is InChI=1S/C17H22N4O3/c18-16(23)15(2-1-9-22)21-11-12-10-13(3-4-14(12)17(21)24)20-7-5-19-6-8-20/h3-4,9-10,15,19H,1-2,5-8,11H2,(H2,18,23). The number of hydrogen-bond donors (Lipinski definition) is 2. The molecule has 128 valence electrons. The molecule has 0 radical (unpaired) electrons. The molecule has 2 aliphatic heterocycles. The predicted molar refractivity (Wildman–Crippen MR) is 89.7 cm³/mol. The van der Waals surface area contributed by atoms with Gasteiger partial charge in [0, 0.05) is 50.4 Å². The summed E-state index contributed by atoms with van der Waals surface area (Å²) < 4.78 is 0. The van der Waals surface area contributed by atoms with Crippen molar-refractivity contribution in [2.24, 2.45) is 5.73 Å². The molecule has 7 nitrogen and oxygen atoms in total. The van der Waals surface area contributed by atoms with Gasteiger partial charge in [-0.15, -0.1) is 0 Å². The number of carbonyl (C=O) groups is 3. The fourth-order valence-electron chi connectivity index (χ4n) is 3.38. The van der Waals surface area contributed by atoms with Crippen LogP contribution in [0.1, 0.15) is 28.8 Å². The lowest BCUT2D eigenvalue weighted by Crippen LogP contribution is -2.44. The third kappa shape index (κ3) is 3.12. The molecule has 7 heteroatoms. The summed E-state index contributed by atoms with van der Waals surface area (Å²) in [4.78, 5) is 38.7. The van der Waals surface area contributed by atoms with Crippen LogP contribution >= 0.6 is 0 Å². The Labute approximate surface area is 140 Å². The van der Waals surface area contributed by atoms with Crippen LogP contribution in [0.4, 0.5) is 5.69 Å². The Morgan fingerprint density at radius 1 is 1.33 bits per heavy atom. The van der Waals surface area contributed by atoms with Crippen molar-refractivity contribution in [3.05, 3.63) is 29.3 Å². The van der Waals surface area contributed by atoms with Crippen molar-refractivity contribution in [1.29, 1.82) is 0 Å². The summed E-state index contributed by atoms with van der Waals surface area (Å²) in [5.74, 6) is -0.758. The number of fused-ring (bicyclic) bond motifs is 1. The van der Waals surface area contributed by atoms with E-state index < -0.39 is 11.9 Å². The first-order valence-electron chi connectivity index (χ1n) is 8.24. The molecule has 0 saturated carbocycles. The van der Waals surface area contributed by atoms with E-state index in [-0.39, 0.29) is 18.7 Å². The zero-order valence-corrected chi connectivity index (χ0v) is 13.5. The number of nitrogens with zero attached hydrogens (tertiary/aromatic N) is 2. The molecule has 1 fully saturated rings. The molecule has 1 unspecified atom stereocenters. The molecule has 24 heavy (non-hydrogen) atoms. The summed E-state index contributed by atoms with van der Waals surface area (Å²) >= 11 is 0. The molecule has 3 rings (SSSR count). The second-order valence-electron chi connectivity index (χ2n) is 6.17. The number of benzene rings is 1. The van der Waals surface area contributed by atoms with Crippen molar-refractivity contribution >= 4 is 23.8 Å². The zero-order chi connectivity index (χ0) is 17.1. The number of primary amides is 1. The second-order valence-corrected chi connectivity index (χ2v) is 6.17. The fourth-order valence-corrected chi connectivity index (χ4v) is 3.38. The van der Waals surface area contributed by atoms with Gasteiger partial charge in [0.1, 0.15) is 12.3 Å². The van der Waals surface area contributed by atoms with Crippen LogP contribution in [0.3, 0.4) is 0 Å². The van der Waals surface area contributed by atoms with E-state index in [1.54, 1.807) is 0 Å². The highest BCUT2D eigenvalue weighted by Gasteiger charge is 2.35. The Bertz CT molecular complexity index is 655. The quantitative estimate of drug-likeness (QED) is 0.709. The Kier molecular flexibility index (Phi) is 4.80. The summed E-state index contributed by atoms with van der Waals surface area (Å²) in [5.41, 5.74) is 8.06. The van der Waals surface area contributed by atoms with Crippen molar-refractivity contribution in [3.63, 3.8) is 0 Å². The maximum atomic E-state index is 12.6. The van der Waals surface area contributed by atoms with Crippen LogP contribution in [-0.4, -0.2) is 55.2 Å². The van der Waals surface area contributed by atoms with Crippen LogP contribution in [0, 0.1) is 0 Å². The zero-order valence-electron chi connectivity index (χ0n) is 13.5. The maximum absolute atomic E-state index is 12.6. The second kappa shape index (κ2) is 7.00. The van der Waals surface area contributed by atoms with E-state index in [1.165, 1.54) is 4.90 Å². The first kappa shape index (κ1) is 16.4. The summed E-state index contributed by atoms with van der Waals surface area (Å²) in [6, 6.07) is 5.07. The molecular weight excluding hydrogens is 308 g/mol. The number of amides is 2. The average molecular weight is 330 g/mol. The smallest absolute Gasteiger partial charge is 0.255 e. The number of aldehydes is 1. The largest absolute Gasteiger partial charge is 0.369 e. The van der Waals surface area contributed by atoms with Gasteiger partial charge in [-0.25, -0.2) is 0 Å². The van der Waals surface area contributed by atoms with E-state index in [9.17, 15) is 14.4 Å². The van der Waals surface area contributed by atoms with Crippen LogP contribution in [0.25, 0.3) is 0 Å². The first-order chi connectivity index (χ1) is 11.6. The number of rotatable bonds is 6. The highest BCUT2D eigenvalue weighted by Crippen LogP contribution is 2.29. The molecule has 3 N–H and O–H groups in total. The maximum Gasteiger partial charge on any atom is 0.255 e. The molecule has 1 aromatic rings. The molecular formula is C17H22N4O3. The number of hydrogen-bond acceptors (Lipinski definition) is 5. The summed E-state index contributed by atoms with van der Waals surface area (Å²) in [5, 5.41) is 3.31. The van der Waals surface area contributed by atoms with Gasteiger partial charge in [0.25, 0.3) is 5.91 Å². The Morgan fingerprint density at radius 3 is 2.75 bits per heavy atom.